The number of nitrogens with one attached hydrogen (secondary N) is 2. The summed E-state index contributed by atoms with van der Waals surface area (Å²) in [4.78, 5) is 34.4. The molecule has 1 atom stereocenters. The van der Waals surface area contributed by atoms with E-state index in [1.165, 1.54) is 25.3 Å². The second-order valence-corrected chi connectivity index (χ2v) is 6.24. The summed E-state index contributed by atoms with van der Waals surface area (Å²) < 4.78 is 5.41. The van der Waals surface area contributed by atoms with E-state index in [2.05, 4.69) is 10.6 Å². The van der Waals surface area contributed by atoms with E-state index in [4.69, 9.17) is 22.1 Å². The molecule has 1 aromatic carbocycles. The van der Waals surface area contributed by atoms with Gasteiger partial charge in [-0.3, -0.25) is 9.59 Å². The minimum Gasteiger partial charge on any atom is -0.495 e. The van der Waals surface area contributed by atoms with Gasteiger partial charge in [-0.15, -0.1) is 0 Å². The summed E-state index contributed by atoms with van der Waals surface area (Å²) >= 11 is 5.99. The molecule has 0 radical (unpaired) electrons. The van der Waals surface area contributed by atoms with E-state index < -0.39 is 17.1 Å². The van der Waals surface area contributed by atoms with E-state index in [-0.39, 0.29) is 23.6 Å². The van der Waals surface area contributed by atoms with Crippen molar-refractivity contribution in [1.82, 2.24) is 5.32 Å². The fraction of sp³-hybridized carbons (Fsp3) is 0.231. The number of carbonyl (C=O) groups excluding carboxylic acids is 2. The van der Waals surface area contributed by atoms with Crippen LogP contribution in [0.4, 0.5) is 5.69 Å². The number of hydrogen-bond donors (Lipinski definition) is 3. The molecule has 22 heavy (non-hydrogen) atoms. The van der Waals surface area contributed by atoms with Crippen molar-refractivity contribution in [1.29, 1.82) is 0 Å². The Hall–Kier alpha value is -2.13. The highest BCUT2D eigenvalue weighted by Gasteiger charge is 2.31. The number of ether oxygens (including phenoxy) is 1. The number of methoxy groups -OCH3 is 1. The van der Waals surface area contributed by atoms with Crippen LogP contribution in [0.15, 0.2) is 18.2 Å². The van der Waals surface area contributed by atoms with Gasteiger partial charge in [-0.25, -0.2) is 4.79 Å². The van der Waals surface area contributed by atoms with Crippen LogP contribution in [0.2, 0.25) is 0 Å². The molecule has 3 N–H and O–H groups in total. The Morgan fingerprint density at radius 3 is 2.77 bits per heavy atom. The van der Waals surface area contributed by atoms with Crippen LogP contribution >= 0.6 is 24.0 Å². The molecule has 9 heteroatoms. The summed E-state index contributed by atoms with van der Waals surface area (Å²) in [7, 11) is 1.37. The van der Waals surface area contributed by atoms with Crippen LogP contribution in [0.25, 0.3) is 0 Å². The lowest BCUT2D eigenvalue weighted by Crippen LogP contribution is -2.27. The molecular formula is C13H12N2O5S2. The van der Waals surface area contributed by atoms with Gasteiger partial charge in [0.05, 0.1) is 23.6 Å². The van der Waals surface area contributed by atoms with Gasteiger partial charge in [0.1, 0.15) is 10.1 Å². The number of thiocarbonyl (C=S) groups is 1. The zero-order valence-corrected chi connectivity index (χ0v) is 13.0. The molecule has 0 spiro atoms. The monoisotopic (exact) mass is 340 g/mol. The van der Waals surface area contributed by atoms with Gasteiger partial charge in [-0.2, -0.15) is 0 Å². The maximum atomic E-state index is 12.0. The summed E-state index contributed by atoms with van der Waals surface area (Å²) in [6, 6.07) is 4.10. The second kappa shape index (κ2) is 6.75. The molecule has 0 saturated carbocycles. The van der Waals surface area contributed by atoms with Gasteiger partial charge in [-0.05, 0) is 18.2 Å². The second-order valence-electron chi connectivity index (χ2n) is 4.36. The molecule has 1 aromatic rings. The van der Waals surface area contributed by atoms with Crippen LogP contribution in [0.3, 0.4) is 0 Å². The van der Waals surface area contributed by atoms with E-state index in [0.717, 1.165) is 11.8 Å². The van der Waals surface area contributed by atoms with E-state index in [1.807, 2.05) is 0 Å². The van der Waals surface area contributed by atoms with E-state index in [9.17, 15) is 14.4 Å². The number of amides is 2. The summed E-state index contributed by atoms with van der Waals surface area (Å²) in [6.45, 7) is 0. The number of carboxylic acid groups (broad SMARTS) is 1. The third kappa shape index (κ3) is 3.74. The molecule has 1 fully saturated rings. The Kier molecular flexibility index (Phi) is 4.99. The number of carboxylic acids is 1. The molecule has 1 aliphatic rings. The zero-order valence-electron chi connectivity index (χ0n) is 11.4. The Morgan fingerprint density at radius 1 is 1.50 bits per heavy atom. The van der Waals surface area contributed by atoms with Gasteiger partial charge in [0.15, 0.2) is 0 Å². The Balaban J connectivity index is 2.06. The van der Waals surface area contributed by atoms with Crippen molar-refractivity contribution in [2.45, 2.75) is 11.7 Å². The number of rotatable bonds is 5. The molecule has 0 aliphatic carbocycles. The first-order valence-electron chi connectivity index (χ1n) is 6.13. The van der Waals surface area contributed by atoms with Crippen LogP contribution in [0.1, 0.15) is 16.8 Å². The minimum absolute atomic E-state index is 0.0412. The lowest BCUT2D eigenvalue weighted by atomic mass is 10.2. The predicted octanol–water partition coefficient (Wildman–Crippen LogP) is 1.24. The molecule has 2 amide bonds. The van der Waals surface area contributed by atoms with E-state index >= 15 is 0 Å². The number of thioether (sulfide) groups is 1. The summed E-state index contributed by atoms with van der Waals surface area (Å²) in [5.41, 5.74) is 0.384. The normalized spacial score (nSPS) is 17.0. The van der Waals surface area contributed by atoms with Crippen molar-refractivity contribution >= 4 is 51.8 Å². The van der Waals surface area contributed by atoms with Crippen molar-refractivity contribution in [3.8, 4) is 5.75 Å². The third-order valence-electron chi connectivity index (χ3n) is 2.86. The molecule has 116 valence electrons. The fourth-order valence-electron chi connectivity index (χ4n) is 1.82. The van der Waals surface area contributed by atoms with Gasteiger partial charge in [-0.1, -0.05) is 24.0 Å². The number of aromatic carboxylic acids is 1. The average Bonchev–Trinajstić information content (AvgIpc) is 2.76. The van der Waals surface area contributed by atoms with Crippen LogP contribution < -0.4 is 15.4 Å². The van der Waals surface area contributed by atoms with Crippen molar-refractivity contribution < 1.29 is 24.2 Å². The minimum atomic E-state index is -1.09. The van der Waals surface area contributed by atoms with Crippen LogP contribution in [-0.2, 0) is 9.59 Å². The molecule has 1 aliphatic heterocycles. The first-order valence-corrected chi connectivity index (χ1v) is 7.42. The highest BCUT2D eigenvalue weighted by Crippen LogP contribution is 2.27. The van der Waals surface area contributed by atoms with E-state index in [1.54, 1.807) is 0 Å². The molecule has 1 saturated heterocycles. The van der Waals surface area contributed by atoms with Crippen LogP contribution in [-0.4, -0.2) is 39.6 Å². The SMILES string of the molecule is COc1cc(C(=O)O)ccc1NC(=O)C[C@@H]1SC(=S)NC1=O. The molecule has 2 rings (SSSR count). The van der Waals surface area contributed by atoms with E-state index in [0.29, 0.717) is 10.0 Å². The van der Waals surface area contributed by atoms with Gasteiger partial charge in [0.2, 0.25) is 11.8 Å². The standard InChI is InChI=1S/C13H12N2O5S2/c1-20-8-4-6(12(18)19)2-3-7(8)14-10(16)5-9-11(17)15-13(21)22-9/h2-4,9H,5H2,1H3,(H,14,16)(H,18,19)(H,15,17,21)/t9-/m0/s1. The number of hydrogen-bond acceptors (Lipinski definition) is 6. The third-order valence-corrected chi connectivity index (χ3v) is 4.23. The first-order chi connectivity index (χ1) is 10.4. The van der Waals surface area contributed by atoms with Crippen molar-refractivity contribution in [3.05, 3.63) is 23.8 Å². The van der Waals surface area contributed by atoms with Gasteiger partial charge in [0.25, 0.3) is 0 Å². The lowest BCUT2D eigenvalue weighted by molar-refractivity contribution is -0.122. The van der Waals surface area contributed by atoms with Crippen molar-refractivity contribution in [3.63, 3.8) is 0 Å². The quantitative estimate of drug-likeness (QED) is 0.693. The smallest absolute Gasteiger partial charge is 0.335 e. The highest BCUT2D eigenvalue weighted by atomic mass is 32.2. The summed E-state index contributed by atoms with van der Waals surface area (Å²) in [5.74, 6) is -1.55. The molecule has 0 bridgehead atoms. The number of benzene rings is 1. The first kappa shape index (κ1) is 16.2. The molecular weight excluding hydrogens is 328 g/mol. The Labute approximate surface area is 135 Å². The predicted molar refractivity (Wildman–Crippen MR) is 85.3 cm³/mol. The molecule has 0 aromatic heterocycles. The maximum absolute atomic E-state index is 12.0. The molecule has 7 nitrogen and oxygen atoms in total. The van der Waals surface area contributed by atoms with Crippen molar-refractivity contribution in [2.75, 3.05) is 12.4 Å². The van der Waals surface area contributed by atoms with Crippen LogP contribution in [0, 0.1) is 0 Å². The van der Waals surface area contributed by atoms with Gasteiger partial charge >= 0.3 is 5.97 Å². The maximum Gasteiger partial charge on any atom is 0.335 e. The average molecular weight is 340 g/mol. The highest BCUT2D eigenvalue weighted by molar-refractivity contribution is 8.24. The fourth-order valence-corrected chi connectivity index (χ4v) is 3.09. The van der Waals surface area contributed by atoms with Gasteiger partial charge < -0.3 is 20.5 Å². The van der Waals surface area contributed by atoms with Gasteiger partial charge in [0, 0.05) is 6.42 Å². The lowest BCUT2D eigenvalue weighted by Gasteiger charge is -2.12. The number of anilines is 1. The molecule has 0 unspecified atom stereocenters. The largest absolute Gasteiger partial charge is 0.495 e. The Morgan fingerprint density at radius 2 is 2.23 bits per heavy atom. The van der Waals surface area contributed by atoms with Crippen molar-refractivity contribution in [2.24, 2.45) is 0 Å². The Bertz CT molecular complexity index is 662. The zero-order chi connectivity index (χ0) is 16.3. The summed E-state index contributed by atoms with van der Waals surface area (Å²) in [6.07, 6.45) is -0.0412. The topological polar surface area (TPSA) is 105 Å². The summed E-state index contributed by atoms with van der Waals surface area (Å²) in [5, 5.41) is 13.4. The van der Waals surface area contributed by atoms with Crippen LogP contribution in [0.5, 0.6) is 5.75 Å². The number of carbonyl (C=O) groups is 3. The molecule has 1 heterocycles.